The van der Waals surface area contributed by atoms with Crippen LogP contribution in [0.3, 0.4) is 0 Å². The lowest BCUT2D eigenvalue weighted by Gasteiger charge is -2.11. The van der Waals surface area contributed by atoms with Gasteiger partial charge >= 0.3 is 0 Å². The van der Waals surface area contributed by atoms with Gasteiger partial charge in [-0.1, -0.05) is 42.4 Å². The topological polar surface area (TPSA) is 0 Å². The van der Waals surface area contributed by atoms with Gasteiger partial charge in [-0.05, 0) is 32.6 Å². The number of rotatable bonds is 3. The zero-order valence-electron chi connectivity index (χ0n) is 8.30. The van der Waals surface area contributed by atoms with E-state index in [2.05, 4.69) is 45.1 Å². The summed E-state index contributed by atoms with van der Waals surface area (Å²) in [5, 5.41) is 0. The number of allylic oxidation sites excluding steroid dienone is 6. The zero-order valence-corrected chi connectivity index (χ0v) is 8.30. The van der Waals surface area contributed by atoms with Gasteiger partial charge < -0.3 is 0 Å². The Hall–Kier alpha value is -0.780. The third kappa shape index (κ3) is 2.37. The second kappa shape index (κ2) is 4.30. The molecule has 1 unspecified atom stereocenters. The Labute approximate surface area is 75.7 Å². The molecule has 0 heterocycles. The molecule has 0 saturated carbocycles. The lowest BCUT2D eigenvalue weighted by atomic mass is 9.95. The molecule has 1 rings (SSSR count). The molecule has 0 nitrogen and oxygen atoms in total. The molecule has 0 bridgehead atoms. The average molecular weight is 162 g/mol. The van der Waals surface area contributed by atoms with Gasteiger partial charge in [-0.15, -0.1) is 0 Å². The summed E-state index contributed by atoms with van der Waals surface area (Å²) in [5.41, 5.74) is 3.00. The first-order valence-corrected chi connectivity index (χ1v) is 4.72. The molecular formula is C12H18. The van der Waals surface area contributed by atoms with Crippen molar-refractivity contribution in [3.63, 3.8) is 0 Å². The SMILES string of the molecule is C/C=C(/C)C(C)CC1=CCC=C1. The minimum Gasteiger partial charge on any atom is -0.0885 e. The van der Waals surface area contributed by atoms with Crippen molar-refractivity contribution in [3.05, 3.63) is 35.5 Å². The van der Waals surface area contributed by atoms with Gasteiger partial charge in [0.25, 0.3) is 0 Å². The summed E-state index contributed by atoms with van der Waals surface area (Å²) in [7, 11) is 0. The Morgan fingerprint density at radius 1 is 1.67 bits per heavy atom. The van der Waals surface area contributed by atoms with Crippen molar-refractivity contribution in [1.82, 2.24) is 0 Å². The van der Waals surface area contributed by atoms with E-state index < -0.39 is 0 Å². The molecule has 1 aliphatic carbocycles. The predicted octanol–water partition coefficient (Wildman–Crippen LogP) is 3.87. The summed E-state index contributed by atoms with van der Waals surface area (Å²) < 4.78 is 0. The van der Waals surface area contributed by atoms with E-state index >= 15 is 0 Å². The molecular weight excluding hydrogens is 144 g/mol. The summed E-state index contributed by atoms with van der Waals surface area (Å²) in [6.07, 6.45) is 11.3. The molecule has 1 atom stereocenters. The fourth-order valence-corrected chi connectivity index (χ4v) is 1.46. The van der Waals surface area contributed by atoms with Crippen LogP contribution in [0.25, 0.3) is 0 Å². The van der Waals surface area contributed by atoms with Gasteiger partial charge in [-0.25, -0.2) is 0 Å². The second-order valence-electron chi connectivity index (χ2n) is 3.55. The molecule has 0 N–H and O–H groups in total. The van der Waals surface area contributed by atoms with Crippen LogP contribution in [0.2, 0.25) is 0 Å². The van der Waals surface area contributed by atoms with E-state index in [1.807, 2.05) is 0 Å². The molecule has 0 fully saturated rings. The smallest absolute Gasteiger partial charge is 0.0160 e. The Morgan fingerprint density at radius 2 is 2.42 bits per heavy atom. The summed E-state index contributed by atoms with van der Waals surface area (Å²) in [6.45, 7) is 6.62. The molecule has 0 amide bonds. The minimum absolute atomic E-state index is 0.698. The zero-order chi connectivity index (χ0) is 8.97. The first-order valence-electron chi connectivity index (χ1n) is 4.72. The Balaban J connectivity index is 2.46. The van der Waals surface area contributed by atoms with E-state index in [-0.39, 0.29) is 0 Å². The van der Waals surface area contributed by atoms with Gasteiger partial charge in [0.05, 0.1) is 0 Å². The fourth-order valence-electron chi connectivity index (χ4n) is 1.46. The van der Waals surface area contributed by atoms with Gasteiger partial charge in [0.1, 0.15) is 0 Å². The standard InChI is InChI=1S/C12H18/c1-4-10(2)11(3)9-12-7-5-6-8-12/h4-5,7-8,11H,6,9H2,1-3H3/b10-4-. The lowest BCUT2D eigenvalue weighted by molar-refractivity contribution is 0.679. The van der Waals surface area contributed by atoms with E-state index in [0.29, 0.717) is 5.92 Å². The normalized spacial score (nSPS) is 19.6. The maximum Gasteiger partial charge on any atom is -0.0160 e. The van der Waals surface area contributed by atoms with Crippen LogP contribution in [0.4, 0.5) is 0 Å². The molecule has 0 aromatic heterocycles. The maximum absolute atomic E-state index is 2.32. The first kappa shape index (κ1) is 9.31. The predicted molar refractivity (Wildman–Crippen MR) is 55.1 cm³/mol. The third-order valence-electron chi connectivity index (χ3n) is 2.62. The summed E-state index contributed by atoms with van der Waals surface area (Å²) in [4.78, 5) is 0. The van der Waals surface area contributed by atoms with Crippen molar-refractivity contribution in [2.45, 2.75) is 33.6 Å². The molecule has 1 aliphatic rings. The first-order chi connectivity index (χ1) is 5.74. The van der Waals surface area contributed by atoms with Crippen molar-refractivity contribution < 1.29 is 0 Å². The molecule has 0 aliphatic heterocycles. The summed E-state index contributed by atoms with van der Waals surface area (Å²) in [6, 6.07) is 0. The van der Waals surface area contributed by atoms with Crippen LogP contribution in [-0.2, 0) is 0 Å². The average Bonchev–Trinajstić information content (AvgIpc) is 2.55. The Kier molecular flexibility index (Phi) is 3.33. The van der Waals surface area contributed by atoms with Crippen LogP contribution in [-0.4, -0.2) is 0 Å². The third-order valence-corrected chi connectivity index (χ3v) is 2.62. The van der Waals surface area contributed by atoms with Crippen molar-refractivity contribution in [1.29, 1.82) is 0 Å². The monoisotopic (exact) mass is 162 g/mol. The van der Waals surface area contributed by atoms with Crippen LogP contribution in [0.1, 0.15) is 33.6 Å². The largest absolute Gasteiger partial charge is 0.0885 e. The summed E-state index contributed by atoms with van der Waals surface area (Å²) in [5.74, 6) is 0.698. The molecule has 0 aromatic rings. The highest BCUT2D eigenvalue weighted by molar-refractivity contribution is 5.27. The molecule has 12 heavy (non-hydrogen) atoms. The van der Waals surface area contributed by atoms with Crippen molar-refractivity contribution in [2.24, 2.45) is 5.92 Å². The van der Waals surface area contributed by atoms with Crippen molar-refractivity contribution in [3.8, 4) is 0 Å². The second-order valence-corrected chi connectivity index (χ2v) is 3.55. The van der Waals surface area contributed by atoms with E-state index in [1.54, 1.807) is 0 Å². The van der Waals surface area contributed by atoms with Crippen LogP contribution in [0.15, 0.2) is 35.5 Å². The van der Waals surface area contributed by atoms with Gasteiger partial charge in [-0.3, -0.25) is 0 Å². The Morgan fingerprint density at radius 3 is 2.92 bits per heavy atom. The lowest BCUT2D eigenvalue weighted by Crippen LogP contribution is -1.96. The molecule has 0 aromatic carbocycles. The van der Waals surface area contributed by atoms with E-state index in [9.17, 15) is 0 Å². The van der Waals surface area contributed by atoms with Crippen LogP contribution in [0, 0.1) is 5.92 Å². The highest BCUT2D eigenvalue weighted by Crippen LogP contribution is 2.22. The van der Waals surface area contributed by atoms with Crippen molar-refractivity contribution >= 4 is 0 Å². The van der Waals surface area contributed by atoms with Gasteiger partial charge in [-0.2, -0.15) is 0 Å². The molecule has 0 heteroatoms. The summed E-state index contributed by atoms with van der Waals surface area (Å²) >= 11 is 0. The quantitative estimate of drug-likeness (QED) is 0.553. The minimum atomic E-state index is 0.698. The van der Waals surface area contributed by atoms with Crippen molar-refractivity contribution in [2.75, 3.05) is 0 Å². The number of hydrogen-bond donors (Lipinski definition) is 0. The molecule has 0 spiro atoms. The Bertz CT molecular complexity index is 228. The number of hydrogen-bond acceptors (Lipinski definition) is 0. The van der Waals surface area contributed by atoms with Gasteiger partial charge in [0, 0.05) is 0 Å². The van der Waals surface area contributed by atoms with E-state index in [1.165, 1.54) is 17.6 Å². The van der Waals surface area contributed by atoms with Gasteiger partial charge in [0.15, 0.2) is 0 Å². The molecule has 0 radical (unpaired) electrons. The molecule has 66 valence electrons. The van der Waals surface area contributed by atoms with Crippen LogP contribution in [0.5, 0.6) is 0 Å². The highest BCUT2D eigenvalue weighted by atomic mass is 14.1. The van der Waals surface area contributed by atoms with Gasteiger partial charge in [0.2, 0.25) is 0 Å². The van der Waals surface area contributed by atoms with E-state index in [4.69, 9.17) is 0 Å². The van der Waals surface area contributed by atoms with Crippen LogP contribution >= 0.6 is 0 Å². The maximum atomic E-state index is 2.32. The fraction of sp³-hybridized carbons (Fsp3) is 0.500. The van der Waals surface area contributed by atoms with E-state index in [0.717, 1.165) is 6.42 Å². The highest BCUT2D eigenvalue weighted by Gasteiger charge is 2.06. The molecule has 0 saturated heterocycles. The van der Waals surface area contributed by atoms with Crippen LogP contribution < -0.4 is 0 Å².